The molecule has 3 unspecified atom stereocenters. The first-order valence-corrected chi connectivity index (χ1v) is 21.6. The summed E-state index contributed by atoms with van der Waals surface area (Å²) in [5.74, 6) is -0.242. The first kappa shape index (κ1) is 50.4. The lowest BCUT2D eigenvalue weighted by Crippen LogP contribution is -2.45. The quantitative estimate of drug-likeness (QED) is 0.0293. The Labute approximate surface area is 324 Å². The number of phosphoric acid groups is 1. The van der Waals surface area contributed by atoms with Crippen LogP contribution in [0.15, 0.2) is 97.2 Å². The number of phosphoric ester groups is 1. The molecule has 0 saturated heterocycles. The van der Waals surface area contributed by atoms with Crippen LogP contribution in [-0.4, -0.2) is 68.5 Å². The Morgan fingerprint density at radius 1 is 0.679 bits per heavy atom. The predicted molar refractivity (Wildman–Crippen MR) is 223 cm³/mol. The van der Waals surface area contributed by atoms with Gasteiger partial charge >= 0.3 is 0 Å². The van der Waals surface area contributed by atoms with Crippen LogP contribution in [0.1, 0.15) is 123 Å². The third kappa shape index (κ3) is 37.5. The normalized spacial score (nSPS) is 15.5. The fourth-order valence-corrected chi connectivity index (χ4v) is 5.52. The number of aliphatic hydroxyl groups is 1. The molecule has 8 nitrogen and oxygen atoms in total. The van der Waals surface area contributed by atoms with E-state index in [1.807, 2.05) is 27.2 Å². The topological polar surface area (TPSA) is 108 Å². The van der Waals surface area contributed by atoms with Crippen molar-refractivity contribution < 1.29 is 32.9 Å². The number of nitrogens with one attached hydrogen (secondary N) is 1. The number of hydrogen-bond acceptors (Lipinski definition) is 6. The Balaban J connectivity index is 4.42. The summed E-state index contributed by atoms with van der Waals surface area (Å²) in [6.45, 7) is 4.36. The summed E-state index contributed by atoms with van der Waals surface area (Å²) in [4.78, 5) is 25.1. The van der Waals surface area contributed by atoms with Crippen LogP contribution in [0.5, 0.6) is 0 Å². The Morgan fingerprint density at radius 3 is 1.74 bits per heavy atom. The lowest BCUT2D eigenvalue weighted by Gasteiger charge is -2.29. The van der Waals surface area contributed by atoms with E-state index >= 15 is 0 Å². The van der Waals surface area contributed by atoms with Crippen LogP contribution in [-0.2, 0) is 18.4 Å². The highest BCUT2D eigenvalue weighted by Crippen LogP contribution is 2.38. The summed E-state index contributed by atoms with van der Waals surface area (Å²) in [5, 5.41) is 13.6. The Morgan fingerprint density at radius 2 is 1.17 bits per heavy atom. The molecular weight excluding hydrogens is 683 g/mol. The highest BCUT2D eigenvalue weighted by atomic mass is 31.2. The molecule has 0 radical (unpaired) electrons. The molecule has 3 atom stereocenters. The van der Waals surface area contributed by atoms with Crippen molar-refractivity contribution in [3.05, 3.63) is 97.2 Å². The smallest absolute Gasteiger partial charge is 0.268 e. The number of aliphatic hydroxyl groups excluding tert-OH is 1. The van der Waals surface area contributed by atoms with Crippen LogP contribution in [0.3, 0.4) is 0 Å². The van der Waals surface area contributed by atoms with Crippen molar-refractivity contribution in [3.63, 3.8) is 0 Å². The number of carbonyl (C=O) groups excluding carboxylic acids is 1. The maximum Gasteiger partial charge on any atom is 0.268 e. The molecule has 0 saturated carbocycles. The zero-order valence-electron chi connectivity index (χ0n) is 33.9. The highest BCUT2D eigenvalue weighted by Gasteiger charge is 2.23. The van der Waals surface area contributed by atoms with Gasteiger partial charge < -0.3 is 28.8 Å². The van der Waals surface area contributed by atoms with Crippen molar-refractivity contribution in [3.8, 4) is 0 Å². The molecule has 0 fully saturated rings. The van der Waals surface area contributed by atoms with Gasteiger partial charge in [-0.25, -0.2) is 0 Å². The molecule has 0 aromatic carbocycles. The van der Waals surface area contributed by atoms with Gasteiger partial charge in [-0.05, 0) is 77.0 Å². The first-order chi connectivity index (χ1) is 25.5. The third-order valence-electron chi connectivity index (χ3n) is 8.03. The minimum Gasteiger partial charge on any atom is -0.756 e. The minimum absolute atomic E-state index is 0.0182. The van der Waals surface area contributed by atoms with Crippen molar-refractivity contribution in [2.24, 2.45) is 0 Å². The molecule has 0 bridgehead atoms. The van der Waals surface area contributed by atoms with Crippen molar-refractivity contribution >= 4 is 13.7 Å². The summed E-state index contributed by atoms with van der Waals surface area (Å²) in [5.41, 5.74) is 0. The van der Waals surface area contributed by atoms with E-state index in [9.17, 15) is 19.4 Å². The molecular formula is C44H75N2O6P. The van der Waals surface area contributed by atoms with Gasteiger partial charge in [0.25, 0.3) is 7.82 Å². The molecule has 53 heavy (non-hydrogen) atoms. The molecule has 0 rings (SSSR count). The Bertz CT molecular complexity index is 1180. The monoisotopic (exact) mass is 759 g/mol. The van der Waals surface area contributed by atoms with E-state index in [0.717, 1.165) is 89.9 Å². The standard InChI is InChI=1S/C44H75N2O6P/c1-6-8-10-12-14-16-17-18-19-20-21-22-23-24-25-26-27-28-29-30-32-34-36-38-44(48)45-42(41-52-53(49,50)51-40-39-46(3,4)5)43(47)37-35-33-31-15-13-11-9-7-2/h8,10,13-16,18-19,21-22,24-25,27-28,35,37,42-43,47H,6-7,9,11-12,17,20,23,26,29-34,36,38-41H2,1-5H3,(H-,45,48,49,50)/b10-8-,15-13+,16-14-,19-18-,22-21-,25-24-,28-27-,37-35+. The van der Waals surface area contributed by atoms with E-state index in [4.69, 9.17) is 9.05 Å². The number of rotatable bonds is 34. The van der Waals surface area contributed by atoms with Gasteiger partial charge in [0.15, 0.2) is 0 Å². The molecule has 0 aliphatic heterocycles. The highest BCUT2D eigenvalue weighted by molar-refractivity contribution is 7.45. The van der Waals surface area contributed by atoms with Gasteiger partial charge in [0.2, 0.25) is 5.91 Å². The molecule has 302 valence electrons. The second-order valence-corrected chi connectivity index (χ2v) is 15.7. The zero-order valence-corrected chi connectivity index (χ0v) is 34.8. The van der Waals surface area contributed by atoms with Crippen LogP contribution in [0.25, 0.3) is 0 Å². The number of unbranched alkanes of at least 4 members (excludes halogenated alkanes) is 7. The van der Waals surface area contributed by atoms with Gasteiger partial charge in [0, 0.05) is 6.42 Å². The molecule has 0 aliphatic rings. The van der Waals surface area contributed by atoms with E-state index in [-0.39, 0.29) is 12.5 Å². The second-order valence-electron chi connectivity index (χ2n) is 14.2. The molecule has 0 aliphatic carbocycles. The zero-order chi connectivity index (χ0) is 39.3. The van der Waals surface area contributed by atoms with Gasteiger partial charge in [-0.2, -0.15) is 0 Å². The fraction of sp³-hybridized carbons (Fsp3) is 0.614. The lowest BCUT2D eigenvalue weighted by molar-refractivity contribution is -0.870. The Hall–Kier alpha value is -2.58. The average Bonchev–Trinajstić information content (AvgIpc) is 3.10. The van der Waals surface area contributed by atoms with Crippen molar-refractivity contribution in [2.45, 2.75) is 135 Å². The number of allylic oxidation sites excluding steroid dienone is 15. The van der Waals surface area contributed by atoms with E-state index in [2.05, 4.69) is 104 Å². The van der Waals surface area contributed by atoms with E-state index in [0.29, 0.717) is 23.9 Å². The van der Waals surface area contributed by atoms with Crippen LogP contribution in [0, 0.1) is 0 Å². The summed E-state index contributed by atoms with van der Waals surface area (Å²) in [6.07, 6.45) is 49.0. The van der Waals surface area contributed by atoms with Crippen LogP contribution < -0.4 is 10.2 Å². The van der Waals surface area contributed by atoms with Gasteiger partial charge in [-0.3, -0.25) is 9.36 Å². The Kier molecular flexibility index (Phi) is 33.4. The maximum absolute atomic E-state index is 12.8. The first-order valence-electron chi connectivity index (χ1n) is 20.1. The summed E-state index contributed by atoms with van der Waals surface area (Å²) in [6, 6.07) is -0.920. The van der Waals surface area contributed by atoms with Gasteiger partial charge in [-0.15, -0.1) is 0 Å². The summed E-state index contributed by atoms with van der Waals surface area (Å²) >= 11 is 0. The molecule has 0 aromatic rings. The molecule has 2 N–H and O–H groups in total. The molecule has 0 heterocycles. The van der Waals surface area contributed by atoms with Gasteiger partial charge in [0.1, 0.15) is 13.2 Å². The van der Waals surface area contributed by atoms with Crippen molar-refractivity contribution in [1.29, 1.82) is 0 Å². The number of likely N-dealkylation sites (N-methyl/N-ethyl adjacent to an activating group) is 1. The second kappa shape index (κ2) is 35.1. The average molecular weight is 759 g/mol. The number of nitrogens with zero attached hydrogens (tertiary/aromatic N) is 1. The lowest BCUT2D eigenvalue weighted by atomic mass is 10.1. The maximum atomic E-state index is 12.8. The van der Waals surface area contributed by atoms with E-state index in [1.165, 1.54) is 6.42 Å². The summed E-state index contributed by atoms with van der Waals surface area (Å²) < 4.78 is 23.0. The van der Waals surface area contributed by atoms with Crippen LogP contribution in [0.2, 0.25) is 0 Å². The van der Waals surface area contributed by atoms with Gasteiger partial charge in [0.05, 0.1) is 39.9 Å². The molecule has 1 amide bonds. The molecule has 0 aromatic heterocycles. The van der Waals surface area contributed by atoms with Crippen molar-refractivity contribution in [1.82, 2.24) is 5.32 Å². The van der Waals surface area contributed by atoms with Crippen LogP contribution >= 0.6 is 7.82 Å². The molecule has 9 heteroatoms. The number of amides is 1. The minimum atomic E-state index is -4.60. The predicted octanol–water partition coefficient (Wildman–Crippen LogP) is 10.2. The SMILES string of the molecule is CC/C=C\C/C=C\C/C=C\C/C=C\C/C=C\C/C=C\CCCCCCC(=O)NC(COP(=O)([O-])OCC[N+](C)(C)C)C(O)/C=C/CC/C=C/CCCC. The summed E-state index contributed by atoms with van der Waals surface area (Å²) in [7, 11) is 1.20. The van der Waals surface area contributed by atoms with Crippen LogP contribution in [0.4, 0.5) is 0 Å². The number of hydrogen-bond donors (Lipinski definition) is 2. The van der Waals surface area contributed by atoms with E-state index < -0.39 is 26.6 Å². The molecule has 0 spiro atoms. The number of carbonyl (C=O) groups is 1. The fourth-order valence-electron chi connectivity index (χ4n) is 4.80. The van der Waals surface area contributed by atoms with Gasteiger partial charge in [-0.1, -0.05) is 137 Å². The number of quaternary nitrogens is 1. The largest absolute Gasteiger partial charge is 0.756 e. The third-order valence-corrected chi connectivity index (χ3v) is 8.99. The van der Waals surface area contributed by atoms with E-state index in [1.54, 1.807) is 6.08 Å². The van der Waals surface area contributed by atoms with Crippen molar-refractivity contribution in [2.75, 3.05) is 40.9 Å².